The number of anilines is 2. The van der Waals surface area contributed by atoms with E-state index in [1.807, 2.05) is 4.68 Å². The first kappa shape index (κ1) is 18.5. The third-order valence-electron chi connectivity index (χ3n) is 4.70. The third-order valence-corrected chi connectivity index (χ3v) is 4.70. The zero-order chi connectivity index (χ0) is 18.6. The second-order valence-electron chi connectivity index (χ2n) is 7.28. The van der Waals surface area contributed by atoms with Gasteiger partial charge in [0.25, 0.3) is 0 Å². The molecule has 0 aliphatic carbocycles. The molecule has 142 valence electrons. The van der Waals surface area contributed by atoms with Gasteiger partial charge in [-0.05, 0) is 32.4 Å². The molecule has 1 atom stereocenters. The largest absolute Gasteiger partial charge is 0.495 e. The van der Waals surface area contributed by atoms with Gasteiger partial charge in [-0.1, -0.05) is 6.92 Å². The molecule has 0 saturated carbocycles. The lowest BCUT2D eigenvalue weighted by Gasteiger charge is -2.39. The topological polar surface area (TPSA) is 64.4 Å². The summed E-state index contributed by atoms with van der Waals surface area (Å²) in [4.78, 5) is 6.36. The summed E-state index contributed by atoms with van der Waals surface area (Å²) < 4.78 is 13.3. The SMILES string of the molecule is CCC(Cn1cncn1)Nc1ccc(N2CCOC(C)(C)C2)cc1OC. The molecule has 1 aromatic carbocycles. The van der Waals surface area contributed by atoms with Gasteiger partial charge in [-0.3, -0.25) is 4.68 Å². The summed E-state index contributed by atoms with van der Waals surface area (Å²) in [5, 5.41) is 7.77. The van der Waals surface area contributed by atoms with Gasteiger partial charge in [-0.2, -0.15) is 5.10 Å². The summed E-state index contributed by atoms with van der Waals surface area (Å²) in [7, 11) is 1.71. The monoisotopic (exact) mass is 359 g/mol. The van der Waals surface area contributed by atoms with Crippen molar-refractivity contribution < 1.29 is 9.47 Å². The number of nitrogens with zero attached hydrogens (tertiary/aromatic N) is 4. The van der Waals surface area contributed by atoms with E-state index in [1.54, 1.807) is 19.8 Å². The molecule has 26 heavy (non-hydrogen) atoms. The van der Waals surface area contributed by atoms with E-state index in [1.165, 1.54) is 0 Å². The molecule has 0 bridgehead atoms. The van der Waals surface area contributed by atoms with Crippen LogP contribution in [0.2, 0.25) is 0 Å². The van der Waals surface area contributed by atoms with Crippen molar-refractivity contribution in [2.75, 3.05) is 37.0 Å². The van der Waals surface area contributed by atoms with Crippen LogP contribution in [0.1, 0.15) is 27.2 Å². The molecule has 1 unspecified atom stereocenters. The third kappa shape index (κ3) is 4.46. The van der Waals surface area contributed by atoms with Crippen LogP contribution >= 0.6 is 0 Å². The fourth-order valence-electron chi connectivity index (χ4n) is 3.28. The molecular weight excluding hydrogens is 330 g/mol. The molecule has 2 heterocycles. The van der Waals surface area contributed by atoms with Crippen molar-refractivity contribution in [1.29, 1.82) is 0 Å². The molecule has 0 radical (unpaired) electrons. The summed E-state index contributed by atoms with van der Waals surface area (Å²) >= 11 is 0. The van der Waals surface area contributed by atoms with Crippen molar-refractivity contribution in [2.45, 2.75) is 45.4 Å². The predicted octanol–water partition coefficient (Wildman–Crippen LogP) is 2.79. The van der Waals surface area contributed by atoms with E-state index in [-0.39, 0.29) is 11.6 Å². The molecule has 1 aromatic heterocycles. The van der Waals surface area contributed by atoms with Crippen LogP contribution in [-0.4, -0.2) is 53.2 Å². The number of morpholine rings is 1. The molecule has 1 aliphatic heterocycles. The lowest BCUT2D eigenvalue weighted by Crippen LogP contribution is -2.48. The Morgan fingerprint density at radius 2 is 2.23 bits per heavy atom. The van der Waals surface area contributed by atoms with Crippen LogP contribution < -0.4 is 15.0 Å². The lowest BCUT2D eigenvalue weighted by atomic mass is 10.1. The number of methoxy groups -OCH3 is 1. The van der Waals surface area contributed by atoms with Gasteiger partial charge in [-0.15, -0.1) is 0 Å². The Hall–Kier alpha value is -2.28. The minimum absolute atomic E-state index is 0.131. The lowest BCUT2D eigenvalue weighted by molar-refractivity contribution is -0.0277. The zero-order valence-electron chi connectivity index (χ0n) is 16.1. The van der Waals surface area contributed by atoms with Crippen molar-refractivity contribution in [3.63, 3.8) is 0 Å². The van der Waals surface area contributed by atoms with Gasteiger partial charge >= 0.3 is 0 Å². The summed E-state index contributed by atoms with van der Waals surface area (Å²) in [5.74, 6) is 0.851. The molecule has 1 saturated heterocycles. The Balaban J connectivity index is 1.73. The zero-order valence-corrected chi connectivity index (χ0v) is 16.1. The van der Waals surface area contributed by atoms with Crippen LogP contribution in [0.5, 0.6) is 5.75 Å². The van der Waals surface area contributed by atoms with Gasteiger partial charge in [0.15, 0.2) is 0 Å². The van der Waals surface area contributed by atoms with E-state index < -0.39 is 0 Å². The van der Waals surface area contributed by atoms with Crippen LogP contribution in [0.4, 0.5) is 11.4 Å². The van der Waals surface area contributed by atoms with Crippen LogP contribution in [0.3, 0.4) is 0 Å². The van der Waals surface area contributed by atoms with Gasteiger partial charge in [0.05, 0.1) is 31.5 Å². The number of nitrogens with one attached hydrogen (secondary N) is 1. The Labute approximate surface area is 155 Å². The van der Waals surface area contributed by atoms with E-state index in [0.717, 1.165) is 49.8 Å². The smallest absolute Gasteiger partial charge is 0.144 e. The number of hydrogen-bond donors (Lipinski definition) is 1. The standard InChI is InChI=1S/C19H29N5O2/c1-5-15(11-24-14-20-13-21-24)22-17-7-6-16(10-18(17)25-4)23-8-9-26-19(2,3)12-23/h6-7,10,13-15,22H,5,8-9,11-12H2,1-4H3. The van der Waals surface area contributed by atoms with Crippen LogP contribution in [-0.2, 0) is 11.3 Å². The Bertz CT molecular complexity index is 702. The van der Waals surface area contributed by atoms with Gasteiger partial charge in [0.2, 0.25) is 0 Å². The highest BCUT2D eigenvalue weighted by atomic mass is 16.5. The normalized spacial score (nSPS) is 17.8. The molecule has 1 fully saturated rings. The van der Waals surface area contributed by atoms with Crippen LogP contribution in [0.25, 0.3) is 0 Å². The minimum Gasteiger partial charge on any atom is -0.495 e. The number of ether oxygens (including phenoxy) is 2. The number of hydrogen-bond acceptors (Lipinski definition) is 6. The molecule has 1 N–H and O–H groups in total. The first-order valence-corrected chi connectivity index (χ1v) is 9.16. The van der Waals surface area contributed by atoms with Gasteiger partial charge in [0, 0.05) is 30.9 Å². The summed E-state index contributed by atoms with van der Waals surface area (Å²) in [6.07, 6.45) is 4.28. The molecular formula is C19H29N5O2. The second kappa shape index (κ2) is 7.95. The van der Waals surface area contributed by atoms with Crippen molar-refractivity contribution in [1.82, 2.24) is 14.8 Å². The Morgan fingerprint density at radius 1 is 1.38 bits per heavy atom. The molecule has 0 spiro atoms. The highest BCUT2D eigenvalue weighted by Gasteiger charge is 2.27. The molecule has 1 aliphatic rings. The average molecular weight is 359 g/mol. The van der Waals surface area contributed by atoms with Crippen LogP contribution in [0.15, 0.2) is 30.9 Å². The van der Waals surface area contributed by atoms with E-state index in [4.69, 9.17) is 9.47 Å². The maximum absolute atomic E-state index is 5.82. The minimum atomic E-state index is -0.131. The number of rotatable bonds is 7. The summed E-state index contributed by atoms with van der Waals surface area (Å²) in [5.41, 5.74) is 2.02. The Kier molecular flexibility index (Phi) is 5.66. The maximum atomic E-state index is 5.82. The first-order chi connectivity index (χ1) is 12.5. The maximum Gasteiger partial charge on any atom is 0.144 e. The van der Waals surface area contributed by atoms with Crippen LogP contribution in [0, 0.1) is 0 Å². The highest BCUT2D eigenvalue weighted by molar-refractivity contribution is 5.65. The van der Waals surface area contributed by atoms with Crippen molar-refractivity contribution in [2.24, 2.45) is 0 Å². The fraction of sp³-hybridized carbons (Fsp3) is 0.579. The van der Waals surface area contributed by atoms with Crippen molar-refractivity contribution in [3.05, 3.63) is 30.9 Å². The predicted molar refractivity (Wildman–Crippen MR) is 103 cm³/mol. The molecule has 0 amide bonds. The molecule has 7 heteroatoms. The van der Waals surface area contributed by atoms with Crippen molar-refractivity contribution in [3.8, 4) is 5.75 Å². The van der Waals surface area contributed by atoms with Gasteiger partial charge < -0.3 is 19.7 Å². The highest BCUT2D eigenvalue weighted by Crippen LogP contribution is 2.32. The quantitative estimate of drug-likeness (QED) is 0.820. The average Bonchev–Trinajstić information content (AvgIpc) is 3.13. The Morgan fingerprint density at radius 3 is 2.88 bits per heavy atom. The summed E-state index contributed by atoms with van der Waals surface area (Å²) in [6, 6.07) is 6.60. The second-order valence-corrected chi connectivity index (χ2v) is 7.28. The van der Waals surface area contributed by atoms with Crippen molar-refractivity contribution >= 4 is 11.4 Å². The fourth-order valence-corrected chi connectivity index (χ4v) is 3.28. The van der Waals surface area contributed by atoms with E-state index >= 15 is 0 Å². The van der Waals surface area contributed by atoms with Gasteiger partial charge in [-0.25, -0.2) is 4.98 Å². The van der Waals surface area contributed by atoms with E-state index in [2.05, 4.69) is 59.3 Å². The van der Waals surface area contributed by atoms with E-state index in [9.17, 15) is 0 Å². The molecule has 3 rings (SSSR count). The van der Waals surface area contributed by atoms with Gasteiger partial charge in [0.1, 0.15) is 18.4 Å². The first-order valence-electron chi connectivity index (χ1n) is 9.16. The summed E-state index contributed by atoms with van der Waals surface area (Å²) in [6.45, 7) is 9.68. The number of aromatic nitrogens is 3. The number of benzene rings is 1. The molecule has 7 nitrogen and oxygen atoms in total. The van der Waals surface area contributed by atoms with E-state index in [0.29, 0.717) is 0 Å². The molecule has 2 aromatic rings.